The summed E-state index contributed by atoms with van der Waals surface area (Å²) >= 11 is 0. The average molecular weight is 428 g/mol. The highest BCUT2D eigenvalue weighted by atomic mass is 32.2. The molecular formula is C23H29N3O3S. The maximum absolute atomic E-state index is 12.3. The third kappa shape index (κ3) is 4.46. The number of fused-ring (bicyclic) bond motifs is 1. The van der Waals surface area contributed by atoms with Gasteiger partial charge in [0.15, 0.2) is 9.84 Å². The first-order valence-corrected chi connectivity index (χ1v) is 12.6. The Kier molecular flexibility index (Phi) is 5.73. The minimum absolute atomic E-state index is 0.00816. The van der Waals surface area contributed by atoms with Crippen LogP contribution in [0.4, 0.5) is 5.69 Å². The zero-order valence-electron chi connectivity index (χ0n) is 17.6. The van der Waals surface area contributed by atoms with E-state index in [1.54, 1.807) is 6.20 Å². The summed E-state index contributed by atoms with van der Waals surface area (Å²) in [7, 11) is -3.14. The second kappa shape index (κ2) is 8.30. The predicted octanol–water partition coefficient (Wildman–Crippen LogP) is 4.14. The summed E-state index contributed by atoms with van der Waals surface area (Å²) < 4.78 is 25.6. The van der Waals surface area contributed by atoms with E-state index in [-0.39, 0.29) is 11.3 Å². The number of hydrogen-bond acceptors (Lipinski definition) is 4. The van der Waals surface area contributed by atoms with E-state index in [2.05, 4.69) is 10.3 Å². The molecular weight excluding hydrogens is 398 g/mol. The molecule has 6 nitrogen and oxygen atoms in total. The van der Waals surface area contributed by atoms with Crippen LogP contribution in [0.3, 0.4) is 0 Å². The fourth-order valence-corrected chi connectivity index (χ4v) is 5.34. The van der Waals surface area contributed by atoms with Crippen molar-refractivity contribution in [2.45, 2.75) is 44.8 Å². The van der Waals surface area contributed by atoms with Crippen LogP contribution >= 0.6 is 0 Å². The Labute approximate surface area is 177 Å². The van der Waals surface area contributed by atoms with Gasteiger partial charge in [0.25, 0.3) is 5.56 Å². The summed E-state index contributed by atoms with van der Waals surface area (Å²) in [5.41, 5.74) is 4.88. The number of rotatable bonds is 6. The van der Waals surface area contributed by atoms with Gasteiger partial charge >= 0.3 is 0 Å². The number of nitrogens with one attached hydrogen (secondary N) is 2. The van der Waals surface area contributed by atoms with E-state index >= 15 is 0 Å². The van der Waals surface area contributed by atoms with Gasteiger partial charge in [0.1, 0.15) is 5.52 Å². The largest absolute Gasteiger partial charge is 0.384 e. The molecule has 0 unspecified atom stereocenters. The molecule has 0 saturated heterocycles. The molecule has 0 bridgehead atoms. The van der Waals surface area contributed by atoms with Gasteiger partial charge in [-0.25, -0.2) is 8.42 Å². The number of benzene rings is 1. The Balaban J connectivity index is 1.78. The molecule has 0 radical (unpaired) electrons. The molecule has 4 rings (SSSR count). The zero-order chi connectivity index (χ0) is 21.3. The van der Waals surface area contributed by atoms with Gasteiger partial charge in [-0.1, -0.05) is 25.3 Å². The number of aromatic nitrogens is 2. The summed E-state index contributed by atoms with van der Waals surface area (Å²) in [6.45, 7) is 2.82. The molecule has 3 aromatic rings. The van der Waals surface area contributed by atoms with Crippen molar-refractivity contribution in [2.75, 3.05) is 18.1 Å². The number of anilines is 1. The lowest BCUT2D eigenvalue weighted by Crippen LogP contribution is -2.17. The molecule has 1 fully saturated rings. The summed E-state index contributed by atoms with van der Waals surface area (Å²) in [5.74, 6) is 0.655. The van der Waals surface area contributed by atoms with Gasteiger partial charge in [-0.3, -0.25) is 4.79 Å². The first kappa shape index (κ1) is 20.7. The number of nitrogens with zero attached hydrogens (tertiary/aromatic N) is 1. The van der Waals surface area contributed by atoms with Crippen molar-refractivity contribution < 1.29 is 8.42 Å². The lowest BCUT2D eigenvalue weighted by molar-refractivity contribution is 0.373. The summed E-state index contributed by atoms with van der Waals surface area (Å²) in [4.78, 5) is 15.1. The number of hydrogen-bond donors (Lipinski definition) is 2. The molecule has 1 aliphatic carbocycles. The lowest BCUT2D eigenvalue weighted by atomic mass is 9.89. The minimum atomic E-state index is -3.14. The molecule has 0 spiro atoms. The highest BCUT2D eigenvalue weighted by molar-refractivity contribution is 7.89. The van der Waals surface area contributed by atoms with Crippen LogP contribution in [0.25, 0.3) is 16.8 Å². The van der Waals surface area contributed by atoms with E-state index < -0.39 is 9.84 Å². The number of H-pyrrole nitrogens is 1. The number of aromatic amines is 1. The molecule has 2 heterocycles. The van der Waals surface area contributed by atoms with Crippen molar-refractivity contribution in [3.8, 4) is 11.3 Å². The third-order valence-electron chi connectivity index (χ3n) is 5.98. The van der Waals surface area contributed by atoms with Crippen molar-refractivity contribution >= 4 is 21.0 Å². The highest BCUT2D eigenvalue weighted by Gasteiger charge is 2.18. The molecule has 0 atom stereocenters. The minimum Gasteiger partial charge on any atom is -0.384 e. The van der Waals surface area contributed by atoms with Gasteiger partial charge < -0.3 is 14.7 Å². The molecule has 30 heavy (non-hydrogen) atoms. The maximum atomic E-state index is 12.3. The van der Waals surface area contributed by atoms with Crippen LogP contribution in [0, 0.1) is 12.8 Å². The fraction of sp³-hybridized carbons (Fsp3) is 0.435. The monoisotopic (exact) mass is 427 g/mol. The SMILES string of the molecule is Cc1cc(-c2cc(CS(C)(=O)=O)ccc2NCC2CCCCC2)n2cc[nH]c(=O)c12. The molecule has 1 saturated carbocycles. The Hall–Kier alpha value is -2.54. The number of aryl methyl sites for hydroxylation is 1. The van der Waals surface area contributed by atoms with Gasteiger partial charge in [0.2, 0.25) is 0 Å². The summed E-state index contributed by atoms with van der Waals surface area (Å²) in [5, 5.41) is 3.61. The average Bonchev–Trinajstić information content (AvgIpc) is 3.04. The Morgan fingerprint density at radius 3 is 2.67 bits per heavy atom. The molecule has 160 valence electrons. The van der Waals surface area contributed by atoms with Crippen molar-refractivity contribution in [1.29, 1.82) is 0 Å². The van der Waals surface area contributed by atoms with Gasteiger partial charge in [-0.05, 0) is 55.0 Å². The smallest absolute Gasteiger partial charge is 0.272 e. The Morgan fingerprint density at radius 1 is 1.17 bits per heavy atom. The van der Waals surface area contributed by atoms with Gasteiger partial charge in [-0.2, -0.15) is 0 Å². The summed E-state index contributed by atoms with van der Waals surface area (Å²) in [6, 6.07) is 7.78. The van der Waals surface area contributed by atoms with Crippen LogP contribution in [0.5, 0.6) is 0 Å². The van der Waals surface area contributed by atoms with Crippen LogP contribution in [0.1, 0.15) is 43.2 Å². The fourth-order valence-electron chi connectivity index (χ4n) is 4.56. The first-order chi connectivity index (χ1) is 14.3. The quantitative estimate of drug-likeness (QED) is 0.619. The van der Waals surface area contributed by atoms with Gasteiger partial charge in [0, 0.05) is 36.4 Å². The van der Waals surface area contributed by atoms with Crippen LogP contribution < -0.4 is 10.9 Å². The van der Waals surface area contributed by atoms with Crippen LogP contribution in [0.15, 0.2) is 41.5 Å². The van der Waals surface area contributed by atoms with Crippen LogP contribution in [-0.2, 0) is 15.6 Å². The summed E-state index contributed by atoms with van der Waals surface area (Å²) in [6.07, 6.45) is 11.1. The second-order valence-electron chi connectivity index (χ2n) is 8.56. The molecule has 1 aliphatic rings. The van der Waals surface area contributed by atoms with Gasteiger partial charge in [-0.15, -0.1) is 0 Å². The molecule has 0 aliphatic heterocycles. The standard InChI is InChI=1S/C23H29N3O3S/c1-16-12-21(26-11-10-24-23(27)22(16)26)19-13-18(15-30(2,28)29)8-9-20(19)25-14-17-6-4-3-5-7-17/h8-13,17,25H,3-7,14-15H2,1-2H3,(H,24,27). The van der Waals surface area contributed by atoms with E-state index in [1.165, 1.54) is 38.4 Å². The normalized spacial score (nSPS) is 15.5. The Bertz CT molecular complexity index is 1220. The molecule has 7 heteroatoms. The maximum Gasteiger partial charge on any atom is 0.272 e. The first-order valence-electron chi connectivity index (χ1n) is 10.6. The van der Waals surface area contributed by atoms with Crippen LogP contribution in [-0.4, -0.2) is 30.6 Å². The van der Waals surface area contributed by atoms with Crippen LogP contribution in [0.2, 0.25) is 0 Å². The number of sulfone groups is 1. The third-order valence-corrected chi connectivity index (χ3v) is 6.83. The zero-order valence-corrected chi connectivity index (χ0v) is 18.4. The van der Waals surface area contributed by atoms with E-state index in [9.17, 15) is 13.2 Å². The molecule has 1 aromatic carbocycles. The molecule has 2 N–H and O–H groups in total. The van der Waals surface area contributed by atoms with Gasteiger partial charge in [0.05, 0.1) is 11.4 Å². The van der Waals surface area contributed by atoms with E-state index in [1.807, 2.05) is 41.8 Å². The van der Waals surface area contributed by atoms with Crippen molar-refractivity contribution in [2.24, 2.45) is 5.92 Å². The second-order valence-corrected chi connectivity index (χ2v) is 10.7. The van der Waals surface area contributed by atoms with Crippen molar-refractivity contribution in [1.82, 2.24) is 9.38 Å². The van der Waals surface area contributed by atoms with E-state index in [4.69, 9.17) is 0 Å². The van der Waals surface area contributed by atoms with E-state index in [0.29, 0.717) is 11.4 Å². The topological polar surface area (TPSA) is 83.4 Å². The van der Waals surface area contributed by atoms with Crippen molar-refractivity contribution in [3.63, 3.8) is 0 Å². The van der Waals surface area contributed by atoms with E-state index in [0.717, 1.165) is 34.6 Å². The molecule has 0 amide bonds. The predicted molar refractivity (Wildman–Crippen MR) is 122 cm³/mol. The lowest BCUT2D eigenvalue weighted by Gasteiger charge is -2.23. The van der Waals surface area contributed by atoms with Crippen molar-refractivity contribution in [3.05, 3.63) is 58.1 Å². The highest BCUT2D eigenvalue weighted by Crippen LogP contribution is 2.33. The Morgan fingerprint density at radius 2 is 1.93 bits per heavy atom. The molecule has 2 aromatic heterocycles.